The Morgan fingerprint density at radius 3 is 2.64 bits per heavy atom. The molecule has 1 amide bonds. The Bertz CT molecular complexity index is 350. The number of hydrazone groups is 1. The highest BCUT2D eigenvalue weighted by Crippen LogP contribution is 1.98. The molecule has 74 valence electrons. The second-order valence-corrected chi connectivity index (χ2v) is 3.19. The van der Waals surface area contributed by atoms with E-state index in [2.05, 4.69) is 15.5 Å². The summed E-state index contributed by atoms with van der Waals surface area (Å²) in [5, 5.41) is 3.81. The molecule has 1 N–H and O–H groups in total. The molecule has 1 aromatic rings. The monoisotopic (exact) mass is 191 g/mol. The summed E-state index contributed by atoms with van der Waals surface area (Å²) in [4.78, 5) is 15.4. The Labute approximate surface area is 83.1 Å². The Kier molecular flexibility index (Phi) is 3.34. The highest BCUT2D eigenvalue weighted by molar-refractivity contribution is 5.94. The van der Waals surface area contributed by atoms with Gasteiger partial charge in [0.05, 0.1) is 5.56 Å². The van der Waals surface area contributed by atoms with Crippen molar-refractivity contribution < 1.29 is 4.79 Å². The SMILES string of the molecule is CC(C)=NNC(=O)c1ccc(C)nc1. The number of hydrogen-bond acceptors (Lipinski definition) is 3. The largest absolute Gasteiger partial charge is 0.272 e. The van der Waals surface area contributed by atoms with E-state index in [-0.39, 0.29) is 5.91 Å². The molecule has 0 bridgehead atoms. The molecule has 1 rings (SSSR count). The van der Waals surface area contributed by atoms with Gasteiger partial charge in [-0.1, -0.05) is 0 Å². The van der Waals surface area contributed by atoms with E-state index < -0.39 is 0 Å². The maximum atomic E-state index is 11.4. The summed E-state index contributed by atoms with van der Waals surface area (Å²) in [6.45, 7) is 5.50. The van der Waals surface area contributed by atoms with E-state index in [9.17, 15) is 4.79 Å². The predicted molar refractivity (Wildman–Crippen MR) is 55.2 cm³/mol. The first-order chi connectivity index (χ1) is 6.59. The smallest absolute Gasteiger partial charge is 0.267 e. The molecular weight excluding hydrogens is 178 g/mol. The fraction of sp³-hybridized carbons (Fsp3) is 0.300. The summed E-state index contributed by atoms with van der Waals surface area (Å²) in [7, 11) is 0. The average molecular weight is 191 g/mol. The lowest BCUT2D eigenvalue weighted by atomic mass is 10.2. The van der Waals surface area contributed by atoms with Crippen LogP contribution in [0, 0.1) is 6.92 Å². The number of carbonyl (C=O) groups is 1. The van der Waals surface area contributed by atoms with E-state index >= 15 is 0 Å². The standard InChI is InChI=1S/C10H13N3O/c1-7(2)12-13-10(14)9-5-4-8(3)11-6-9/h4-6H,1-3H3,(H,13,14). The van der Waals surface area contributed by atoms with Gasteiger partial charge in [0.15, 0.2) is 0 Å². The summed E-state index contributed by atoms with van der Waals surface area (Å²) in [6.07, 6.45) is 1.53. The first-order valence-electron chi connectivity index (χ1n) is 4.33. The molecule has 0 atom stereocenters. The van der Waals surface area contributed by atoms with E-state index in [4.69, 9.17) is 0 Å². The van der Waals surface area contributed by atoms with Crippen molar-refractivity contribution in [1.29, 1.82) is 0 Å². The number of aryl methyl sites for hydroxylation is 1. The van der Waals surface area contributed by atoms with Crippen molar-refractivity contribution >= 4 is 11.6 Å². The summed E-state index contributed by atoms with van der Waals surface area (Å²) in [5.41, 5.74) is 4.63. The minimum absolute atomic E-state index is 0.237. The van der Waals surface area contributed by atoms with Crippen molar-refractivity contribution in [2.75, 3.05) is 0 Å². The number of hydrogen-bond donors (Lipinski definition) is 1. The number of rotatable bonds is 2. The summed E-state index contributed by atoms with van der Waals surface area (Å²) < 4.78 is 0. The van der Waals surface area contributed by atoms with E-state index in [0.29, 0.717) is 5.56 Å². The molecule has 0 fully saturated rings. The number of amides is 1. The Morgan fingerprint density at radius 1 is 1.43 bits per heavy atom. The van der Waals surface area contributed by atoms with Crippen molar-refractivity contribution in [2.45, 2.75) is 20.8 Å². The van der Waals surface area contributed by atoms with Crippen molar-refractivity contribution in [2.24, 2.45) is 5.10 Å². The van der Waals surface area contributed by atoms with E-state index in [1.165, 1.54) is 6.20 Å². The summed E-state index contributed by atoms with van der Waals surface area (Å²) in [5.74, 6) is -0.237. The van der Waals surface area contributed by atoms with Crippen LogP contribution in [0.2, 0.25) is 0 Å². The van der Waals surface area contributed by atoms with Gasteiger partial charge in [0.1, 0.15) is 0 Å². The van der Waals surface area contributed by atoms with Gasteiger partial charge in [-0.25, -0.2) is 5.43 Å². The van der Waals surface area contributed by atoms with Crippen molar-refractivity contribution in [3.8, 4) is 0 Å². The quantitative estimate of drug-likeness (QED) is 0.569. The van der Waals surface area contributed by atoms with Crippen LogP contribution in [0.15, 0.2) is 23.4 Å². The first-order valence-corrected chi connectivity index (χ1v) is 4.33. The average Bonchev–Trinajstić information content (AvgIpc) is 2.15. The van der Waals surface area contributed by atoms with E-state index in [1.54, 1.807) is 12.1 Å². The molecule has 0 radical (unpaired) electrons. The molecule has 4 heteroatoms. The zero-order chi connectivity index (χ0) is 10.6. The molecule has 0 saturated carbocycles. The molecule has 4 nitrogen and oxygen atoms in total. The van der Waals surface area contributed by atoms with Crippen LogP contribution in [0.1, 0.15) is 29.9 Å². The van der Waals surface area contributed by atoms with Crippen LogP contribution in [-0.2, 0) is 0 Å². The molecule has 1 heterocycles. The van der Waals surface area contributed by atoms with Crippen LogP contribution in [0.25, 0.3) is 0 Å². The third-order valence-electron chi connectivity index (χ3n) is 1.55. The topological polar surface area (TPSA) is 54.4 Å². The van der Waals surface area contributed by atoms with Gasteiger partial charge in [0, 0.05) is 17.6 Å². The van der Waals surface area contributed by atoms with Crippen LogP contribution in [-0.4, -0.2) is 16.6 Å². The molecule has 0 unspecified atom stereocenters. The first kappa shape index (κ1) is 10.4. The third kappa shape index (κ3) is 2.97. The highest BCUT2D eigenvalue weighted by Gasteiger charge is 2.03. The lowest BCUT2D eigenvalue weighted by Gasteiger charge is -1.99. The number of nitrogens with one attached hydrogen (secondary N) is 1. The maximum absolute atomic E-state index is 11.4. The fourth-order valence-corrected chi connectivity index (χ4v) is 0.829. The van der Waals surface area contributed by atoms with Gasteiger partial charge in [-0.2, -0.15) is 5.10 Å². The lowest BCUT2D eigenvalue weighted by molar-refractivity contribution is 0.0954. The molecule has 0 saturated heterocycles. The minimum Gasteiger partial charge on any atom is -0.267 e. The van der Waals surface area contributed by atoms with E-state index in [0.717, 1.165) is 11.4 Å². The zero-order valence-electron chi connectivity index (χ0n) is 8.53. The summed E-state index contributed by atoms with van der Waals surface area (Å²) in [6, 6.07) is 3.51. The van der Waals surface area contributed by atoms with Gasteiger partial charge < -0.3 is 0 Å². The molecule has 1 aromatic heterocycles. The van der Waals surface area contributed by atoms with Crippen LogP contribution in [0.3, 0.4) is 0 Å². The van der Waals surface area contributed by atoms with Gasteiger partial charge >= 0.3 is 0 Å². The van der Waals surface area contributed by atoms with Gasteiger partial charge in [-0.05, 0) is 32.9 Å². The second kappa shape index (κ2) is 4.50. The van der Waals surface area contributed by atoms with Gasteiger partial charge in [0.2, 0.25) is 0 Å². The Balaban J connectivity index is 2.70. The number of pyridine rings is 1. The Morgan fingerprint density at radius 2 is 2.14 bits per heavy atom. The molecule has 0 aromatic carbocycles. The number of nitrogens with zero attached hydrogens (tertiary/aromatic N) is 2. The molecule has 14 heavy (non-hydrogen) atoms. The molecular formula is C10H13N3O. The van der Waals surface area contributed by atoms with Crippen molar-refractivity contribution in [1.82, 2.24) is 10.4 Å². The zero-order valence-corrected chi connectivity index (χ0v) is 8.53. The van der Waals surface area contributed by atoms with Gasteiger partial charge in [-0.3, -0.25) is 9.78 Å². The predicted octanol–water partition coefficient (Wildman–Crippen LogP) is 1.52. The second-order valence-electron chi connectivity index (χ2n) is 3.19. The summed E-state index contributed by atoms with van der Waals surface area (Å²) >= 11 is 0. The van der Waals surface area contributed by atoms with E-state index in [1.807, 2.05) is 20.8 Å². The minimum atomic E-state index is -0.237. The molecule has 0 aliphatic heterocycles. The number of aromatic nitrogens is 1. The van der Waals surface area contributed by atoms with Gasteiger partial charge in [0.25, 0.3) is 5.91 Å². The highest BCUT2D eigenvalue weighted by atomic mass is 16.2. The normalized spacial score (nSPS) is 9.36. The van der Waals surface area contributed by atoms with Crippen LogP contribution >= 0.6 is 0 Å². The number of carbonyl (C=O) groups excluding carboxylic acids is 1. The molecule has 0 spiro atoms. The third-order valence-corrected chi connectivity index (χ3v) is 1.55. The van der Waals surface area contributed by atoms with Crippen LogP contribution in [0.4, 0.5) is 0 Å². The fourth-order valence-electron chi connectivity index (χ4n) is 0.829. The van der Waals surface area contributed by atoms with Gasteiger partial charge in [-0.15, -0.1) is 0 Å². The van der Waals surface area contributed by atoms with Crippen molar-refractivity contribution in [3.05, 3.63) is 29.6 Å². The molecule has 0 aliphatic carbocycles. The van der Waals surface area contributed by atoms with Crippen LogP contribution < -0.4 is 5.43 Å². The molecule has 0 aliphatic rings. The van der Waals surface area contributed by atoms with Crippen LogP contribution in [0.5, 0.6) is 0 Å². The Hall–Kier alpha value is -1.71. The van der Waals surface area contributed by atoms with Crippen molar-refractivity contribution in [3.63, 3.8) is 0 Å². The maximum Gasteiger partial charge on any atom is 0.272 e. The lowest BCUT2D eigenvalue weighted by Crippen LogP contribution is -2.18.